The van der Waals surface area contributed by atoms with E-state index in [2.05, 4.69) is 10.2 Å². The quantitative estimate of drug-likeness (QED) is 0.0290. The predicted octanol–water partition coefficient (Wildman–Crippen LogP) is -7.86. The number of aromatic nitrogens is 4. The number of phenolic OH excluding ortho intramolecular Hbond substituents is 8. The minimum absolute atomic E-state index is 0.182. The van der Waals surface area contributed by atoms with Crippen LogP contribution < -0.4 is 40.5 Å². The molecule has 0 radical (unpaired) electrons. The Hall–Kier alpha value is -10.4. The van der Waals surface area contributed by atoms with Crippen molar-refractivity contribution in [3.05, 3.63) is 82.4 Å². The number of benzene rings is 4. The number of methoxy groups -OCH3 is 1. The number of rotatable bonds is 13. The number of hydrogen-bond donors (Lipinski definition) is 23. The Morgan fingerprint density at radius 2 is 0.889 bits per heavy atom. The molecule has 4 aliphatic rings. The van der Waals surface area contributed by atoms with E-state index in [1.165, 1.54) is 0 Å². The second-order valence-electron chi connectivity index (χ2n) is 20.7. The molecule has 2 aromatic heterocycles. The molecule has 6 amide bonds. The Labute approximate surface area is 496 Å². The van der Waals surface area contributed by atoms with Crippen molar-refractivity contribution in [3.8, 4) is 68.9 Å². The van der Waals surface area contributed by atoms with Crippen LogP contribution in [-0.2, 0) is 27.2 Å². The number of anilines is 4. The van der Waals surface area contributed by atoms with Crippen molar-refractivity contribution in [2.75, 3.05) is 46.6 Å². The number of β-amino-alcohol motifs (C(OH)–C–C–N with tert-alkyl or cyclic N) is 3. The first-order chi connectivity index (χ1) is 41.6. The number of phenols is 8. The van der Waals surface area contributed by atoms with Crippen molar-refractivity contribution < 1.29 is 150 Å². The summed E-state index contributed by atoms with van der Waals surface area (Å²) in [4.78, 5) is 81.7. The maximum absolute atomic E-state index is 14.4. The van der Waals surface area contributed by atoms with Gasteiger partial charge in [0, 0.05) is 33.9 Å². The van der Waals surface area contributed by atoms with Crippen molar-refractivity contribution in [1.29, 1.82) is 0 Å². The van der Waals surface area contributed by atoms with Crippen LogP contribution in [0.25, 0.3) is 11.4 Å². The Bertz CT molecular complexity index is 4040. The lowest BCUT2D eigenvalue weighted by molar-refractivity contribution is -0.440. The smallest absolute Gasteiger partial charge is 0.306 e. The summed E-state index contributed by atoms with van der Waals surface area (Å²) in [5, 5.41) is 235. The van der Waals surface area contributed by atoms with E-state index < -0.39 is 235 Å². The zero-order valence-corrected chi connectivity index (χ0v) is 45.2. The average Bonchev–Trinajstić information content (AvgIpc) is 1.32. The second kappa shape index (κ2) is 20.3. The number of carbonyl (C=O) groups is 6. The fourth-order valence-corrected chi connectivity index (χ4v) is 10.5. The van der Waals surface area contributed by atoms with Crippen LogP contribution in [-0.4, -0.2) is 230 Å². The summed E-state index contributed by atoms with van der Waals surface area (Å²) in [6, 6.07) is 7.36. The molecular formula is C50H48N10O30. The van der Waals surface area contributed by atoms with Gasteiger partial charge in [-0.05, 0) is 48.5 Å². The summed E-state index contributed by atoms with van der Waals surface area (Å²) in [7, 11) is 0.941. The van der Waals surface area contributed by atoms with Crippen LogP contribution in [0.3, 0.4) is 0 Å². The van der Waals surface area contributed by atoms with E-state index in [1.807, 2.05) is 0 Å². The monoisotopic (exact) mass is 1270 g/mol. The molecule has 10 rings (SSSR count). The zero-order chi connectivity index (χ0) is 66.6. The molecular weight excluding hydrogens is 1220 g/mol. The predicted molar refractivity (Wildman–Crippen MR) is 282 cm³/mol. The van der Waals surface area contributed by atoms with Crippen LogP contribution >= 0.6 is 0 Å². The molecule has 478 valence electrons. The Balaban J connectivity index is 0.901. The third-order valence-electron chi connectivity index (χ3n) is 15.1. The fourth-order valence-electron chi connectivity index (χ4n) is 10.5. The van der Waals surface area contributed by atoms with Crippen molar-refractivity contribution in [2.45, 2.75) is 60.0 Å². The molecule has 0 spiro atoms. The molecule has 0 aliphatic carbocycles. The molecule has 4 aliphatic heterocycles. The maximum Gasteiger partial charge on any atom is 0.306 e. The van der Waals surface area contributed by atoms with Gasteiger partial charge in [0.15, 0.2) is 52.6 Å². The number of nitrogens with two attached hydrogens (primary N) is 2. The summed E-state index contributed by atoms with van der Waals surface area (Å²) in [6.45, 7) is -4.19. The minimum Gasteiger partial charge on any atom is -0.503 e. The van der Waals surface area contributed by atoms with Gasteiger partial charge in [0.25, 0.3) is 47.1 Å². The topological polar surface area (TPSA) is 656 Å². The normalized spacial score (nSPS) is 20.4. The highest BCUT2D eigenvalue weighted by Gasteiger charge is 2.71. The average molecular weight is 1270 g/mol. The van der Waals surface area contributed by atoms with Gasteiger partial charge in [-0.15, -0.1) is 0 Å². The van der Waals surface area contributed by atoms with E-state index in [1.54, 1.807) is 0 Å². The van der Waals surface area contributed by atoms with E-state index in [9.17, 15) is 136 Å². The molecule has 2 fully saturated rings. The lowest BCUT2D eigenvalue weighted by Gasteiger charge is -2.49. The van der Waals surface area contributed by atoms with Crippen molar-refractivity contribution in [2.24, 2.45) is 11.5 Å². The lowest BCUT2D eigenvalue weighted by atomic mass is 9.89. The molecule has 6 heterocycles. The highest BCUT2D eigenvalue weighted by molar-refractivity contribution is 6.12. The van der Waals surface area contributed by atoms with Crippen LogP contribution in [0.2, 0.25) is 0 Å². The number of primary amides is 2. The van der Waals surface area contributed by atoms with Crippen LogP contribution in [0, 0.1) is 0 Å². The van der Waals surface area contributed by atoms with Gasteiger partial charge in [0.2, 0.25) is 57.8 Å². The molecule has 90 heavy (non-hydrogen) atoms. The van der Waals surface area contributed by atoms with Crippen LogP contribution in [0.4, 0.5) is 22.7 Å². The minimum atomic E-state index is -4.23. The molecule has 0 saturated carbocycles. The number of aliphatic hydroxyl groups is 13. The van der Waals surface area contributed by atoms with E-state index in [4.69, 9.17) is 25.7 Å². The number of ether oxygens (including phenoxy) is 3. The molecule has 0 bridgehead atoms. The van der Waals surface area contributed by atoms with Crippen LogP contribution in [0.1, 0.15) is 59.5 Å². The van der Waals surface area contributed by atoms with Gasteiger partial charge in [0.05, 0.1) is 39.5 Å². The van der Waals surface area contributed by atoms with Gasteiger partial charge in [-0.3, -0.25) is 38.6 Å². The molecule has 2 saturated heterocycles. The SMILES string of the molecule is COc1c(O)c(O)c(-n2nc(C(N)=O)c3c2C(=O)N(c2ccc(N4CC(O)(OCOc5c(O)c(O)c(-n6nc(C(N)=O)c7c6C(=O)N(c6ccc(N8CC(O)(O)C(O)(O)C(O)(O)C8=O)cc6)C(O)(O)C7)c(O)c5O)C(O)(O)CC4=O)cc2)C(O)(O)C3)c(O)c1O. The third kappa shape index (κ3) is 9.02. The number of amides is 6. The highest BCUT2D eigenvalue weighted by atomic mass is 16.8. The second-order valence-corrected chi connectivity index (χ2v) is 20.7. The van der Waals surface area contributed by atoms with Crippen molar-refractivity contribution in [3.63, 3.8) is 0 Å². The van der Waals surface area contributed by atoms with Gasteiger partial charge in [-0.25, -0.2) is 9.36 Å². The number of nitrogens with zero attached hydrogens (tertiary/aromatic N) is 8. The molecule has 1 unspecified atom stereocenters. The number of aromatic hydroxyl groups is 8. The first-order valence-electron chi connectivity index (χ1n) is 25.2. The lowest BCUT2D eigenvalue weighted by Crippen LogP contribution is -2.80. The van der Waals surface area contributed by atoms with E-state index >= 15 is 0 Å². The number of fused-ring (bicyclic) bond motifs is 2. The zero-order valence-electron chi connectivity index (χ0n) is 45.2. The Morgan fingerprint density at radius 1 is 0.511 bits per heavy atom. The van der Waals surface area contributed by atoms with Gasteiger partial charge in [-0.2, -0.15) is 10.2 Å². The summed E-state index contributed by atoms with van der Waals surface area (Å²) < 4.78 is 15.8. The van der Waals surface area contributed by atoms with E-state index in [0.29, 0.717) is 9.58 Å². The third-order valence-corrected chi connectivity index (χ3v) is 15.1. The van der Waals surface area contributed by atoms with Gasteiger partial charge in [0.1, 0.15) is 11.4 Å². The highest BCUT2D eigenvalue weighted by Crippen LogP contribution is 2.56. The molecule has 25 N–H and O–H groups in total. The Kier molecular flexibility index (Phi) is 14.1. The molecule has 40 heteroatoms. The number of carbonyl (C=O) groups excluding carboxylic acids is 6. The molecule has 6 aromatic rings. The van der Waals surface area contributed by atoms with Gasteiger partial charge >= 0.3 is 5.79 Å². The first kappa shape index (κ1) is 62.6. The Morgan fingerprint density at radius 3 is 1.28 bits per heavy atom. The molecule has 1 atom stereocenters. The standard InChI is InChI=1S/C50H48N10O30/c1-88-37-33(66)29(62)27(30(63)34(37)67)59-25-20(23(53-59)39(51)70)10-47(80,81)57(41(25)72)18-6-2-16(3-7-18)55-14-46(79,44(75,76)12-22(55)61)90-15-89-38-35(68)31(64)28(32(65)36(38)69)60-26-21(24(54-60)40(52)71)11-48(82,83)58(42(26)73)19-8-4-17(5-9-19)56-13-45(77,78)50(86,87)49(84,85)43(56)74/h2-9,62-69,75-87H,10-15H2,1H3,(H2,51,70)(H2,52,71). The van der Waals surface area contributed by atoms with E-state index in [-0.39, 0.29) is 25.1 Å². The van der Waals surface area contributed by atoms with Gasteiger partial charge < -0.3 is 143 Å². The van der Waals surface area contributed by atoms with Crippen LogP contribution in [0.15, 0.2) is 48.5 Å². The fraction of sp³-hybridized carbons (Fsp3) is 0.280. The summed E-state index contributed by atoms with van der Waals surface area (Å²) in [5.74, 6) is -48.1. The van der Waals surface area contributed by atoms with E-state index in [0.717, 1.165) is 55.6 Å². The largest absolute Gasteiger partial charge is 0.503 e. The number of hydrogen-bond acceptors (Lipinski definition) is 32. The van der Waals surface area contributed by atoms with Crippen molar-refractivity contribution >= 4 is 58.2 Å². The maximum atomic E-state index is 14.4. The summed E-state index contributed by atoms with van der Waals surface area (Å²) in [5.41, 5.74) is 2.20. The van der Waals surface area contributed by atoms with Crippen LogP contribution in [0.5, 0.6) is 57.5 Å². The molecule has 40 nitrogen and oxygen atoms in total. The summed E-state index contributed by atoms with van der Waals surface area (Å²) in [6.07, 6.45) is -3.65. The number of piperidine rings is 2. The summed E-state index contributed by atoms with van der Waals surface area (Å²) >= 11 is 0. The first-order valence-corrected chi connectivity index (χ1v) is 25.2. The molecule has 4 aromatic carbocycles. The van der Waals surface area contributed by atoms with Gasteiger partial charge in [-0.1, -0.05) is 0 Å². The van der Waals surface area contributed by atoms with Crippen molar-refractivity contribution in [1.82, 2.24) is 19.6 Å².